The normalized spacial score (nSPS) is 23.9. The van der Waals surface area contributed by atoms with E-state index in [2.05, 4.69) is 17.1 Å². The molecule has 1 aliphatic heterocycles. The molecule has 1 saturated heterocycles. The van der Waals surface area contributed by atoms with Crippen LogP contribution in [0.2, 0.25) is 0 Å². The zero-order chi connectivity index (χ0) is 21.0. The number of hydrogen-bond acceptors (Lipinski definition) is 5. The number of nitrogens with one attached hydrogen (secondary N) is 1. The minimum Gasteiger partial charge on any atom is -0.492 e. The molecule has 3 fully saturated rings. The van der Waals surface area contributed by atoms with Crippen LogP contribution in [0.4, 0.5) is 5.69 Å². The molecule has 7 nitrogen and oxygen atoms in total. The summed E-state index contributed by atoms with van der Waals surface area (Å²) in [6, 6.07) is 4.64. The maximum atomic E-state index is 12.9. The topological polar surface area (TPSA) is 83.8 Å². The monoisotopic (exact) mass is 411 g/mol. The van der Waals surface area contributed by atoms with Crippen molar-refractivity contribution in [2.45, 2.75) is 44.7 Å². The Hall–Kier alpha value is -2.54. The smallest absolute Gasteiger partial charge is 0.341 e. The fraction of sp³-hybridized carbons (Fsp3) is 0.565. The van der Waals surface area contributed by atoms with Gasteiger partial charge < -0.3 is 24.6 Å². The number of nitrogens with zero attached hydrogens (tertiary/aromatic N) is 2. The SMILES string of the molecule is COc1c(N2C[C@@H](CNC3CC3)[C@H](C)C2)ccc2c(=O)c(C(=O)O)cn(C3CC3)c12. The molecule has 0 spiro atoms. The van der Waals surface area contributed by atoms with E-state index in [9.17, 15) is 14.7 Å². The van der Waals surface area contributed by atoms with Gasteiger partial charge in [0.15, 0.2) is 5.75 Å². The van der Waals surface area contributed by atoms with E-state index in [0.717, 1.165) is 43.7 Å². The van der Waals surface area contributed by atoms with Crippen molar-refractivity contribution in [2.24, 2.45) is 11.8 Å². The third-order valence-corrected chi connectivity index (χ3v) is 6.86. The van der Waals surface area contributed by atoms with Gasteiger partial charge in [0.1, 0.15) is 5.56 Å². The molecule has 0 bridgehead atoms. The third kappa shape index (κ3) is 3.35. The Morgan fingerprint density at radius 1 is 1.23 bits per heavy atom. The van der Waals surface area contributed by atoms with Crippen molar-refractivity contribution in [1.82, 2.24) is 9.88 Å². The van der Waals surface area contributed by atoms with Crippen LogP contribution in [-0.4, -0.2) is 48.4 Å². The Morgan fingerprint density at radius 2 is 2.00 bits per heavy atom. The molecule has 7 heteroatoms. The summed E-state index contributed by atoms with van der Waals surface area (Å²) in [7, 11) is 1.64. The second kappa shape index (κ2) is 7.30. The van der Waals surface area contributed by atoms with E-state index in [0.29, 0.717) is 29.0 Å². The van der Waals surface area contributed by atoms with Crippen molar-refractivity contribution in [1.29, 1.82) is 0 Å². The van der Waals surface area contributed by atoms with E-state index in [1.54, 1.807) is 13.2 Å². The van der Waals surface area contributed by atoms with E-state index < -0.39 is 11.4 Å². The fourth-order valence-electron chi connectivity index (χ4n) is 4.75. The van der Waals surface area contributed by atoms with Crippen LogP contribution < -0.4 is 20.4 Å². The van der Waals surface area contributed by atoms with Crippen LogP contribution >= 0.6 is 0 Å². The zero-order valence-electron chi connectivity index (χ0n) is 17.6. The lowest BCUT2D eigenvalue weighted by atomic mass is 9.98. The van der Waals surface area contributed by atoms with Crippen LogP contribution in [-0.2, 0) is 0 Å². The minimum absolute atomic E-state index is 0.176. The van der Waals surface area contributed by atoms with E-state index in [1.807, 2.05) is 10.6 Å². The molecule has 5 rings (SSSR count). The summed E-state index contributed by atoms with van der Waals surface area (Å²) in [6.07, 6.45) is 6.06. The van der Waals surface area contributed by atoms with Crippen LogP contribution in [0.3, 0.4) is 0 Å². The maximum Gasteiger partial charge on any atom is 0.341 e. The number of benzene rings is 1. The summed E-state index contributed by atoms with van der Waals surface area (Å²) in [5, 5.41) is 13.6. The Balaban J connectivity index is 1.56. The highest BCUT2D eigenvalue weighted by molar-refractivity contribution is 5.97. The first-order valence-corrected chi connectivity index (χ1v) is 11.0. The van der Waals surface area contributed by atoms with Gasteiger partial charge in [-0.1, -0.05) is 6.92 Å². The van der Waals surface area contributed by atoms with Gasteiger partial charge in [-0.15, -0.1) is 0 Å². The van der Waals surface area contributed by atoms with Gasteiger partial charge >= 0.3 is 5.97 Å². The van der Waals surface area contributed by atoms with Crippen molar-refractivity contribution < 1.29 is 14.6 Å². The first-order chi connectivity index (χ1) is 14.5. The number of aromatic carboxylic acids is 1. The average molecular weight is 412 g/mol. The molecule has 2 saturated carbocycles. The van der Waals surface area contributed by atoms with E-state index >= 15 is 0 Å². The summed E-state index contributed by atoms with van der Waals surface area (Å²) in [5.41, 5.74) is 1.09. The molecule has 1 aromatic carbocycles. The maximum absolute atomic E-state index is 12.9. The van der Waals surface area contributed by atoms with E-state index in [4.69, 9.17) is 4.74 Å². The van der Waals surface area contributed by atoms with Crippen LogP contribution in [0, 0.1) is 11.8 Å². The number of rotatable bonds is 7. The number of ether oxygens (including phenoxy) is 1. The molecule has 2 atom stereocenters. The molecule has 2 N–H and O–H groups in total. The summed E-state index contributed by atoms with van der Waals surface area (Å²) < 4.78 is 7.81. The Bertz CT molecular complexity index is 1050. The van der Waals surface area contributed by atoms with Crippen molar-refractivity contribution in [3.05, 3.63) is 34.1 Å². The van der Waals surface area contributed by atoms with Gasteiger partial charge in [-0.2, -0.15) is 0 Å². The number of carboxylic acids is 1. The second-order valence-electron chi connectivity index (χ2n) is 9.15. The highest BCUT2D eigenvalue weighted by Gasteiger charge is 2.34. The van der Waals surface area contributed by atoms with Crippen LogP contribution in [0.1, 0.15) is 49.0 Å². The lowest BCUT2D eigenvalue weighted by Crippen LogP contribution is -2.29. The fourth-order valence-corrected chi connectivity index (χ4v) is 4.75. The molecule has 1 aromatic heterocycles. The first kappa shape index (κ1) is 19.4. The van der Waals surface area contributed by atoms with Gasteiger partial charge in [-0.05, 0) is 49.7 Å². The molecular formula is C23H29N3O4. The molecule has 0 unspecified atom stereocenters. The van der Waals surface area contributed by atoms with Crippen LogP contribution in [0.25, 0.3) is 10.9 Å². The number of carboxylic acid groups (broad SMARTS) is 1. The predicted octanol–water partition coefficient (Wildman–Crippen LogP) is 2.87. The van der Waals surface area contributed by atoms with E-state index in [1.165, 1.54) is 19.0 Å². The number of fused-ring (bicyclic) bond motifs is 1. The largest absolute Gasteiger partial charge is 0.492 e. The molecule has 30 heavy (non-hydrogen) atoms. The van der Waals surface area contributed by atoms with Gasteiger partial charge in [0.2, 0.25) is 5.43 Å². The van der Waals surface area contributed by atoms with E-state index in [-0.39, 0.29) is 11.6 Å². The highest BCUT2D eigenvalue weighted by Crippen LogP contribution is 2.43. The Labute approximate surface area is 175 Å². The van der Waals surface area contributed by atoms with Crippen LogP contribution in [0.15, 0.2) is 23.1 Å². The van der Waals surface area contributed by atoms with Crippen molar-refractivity contribution >= 4 is 22.6 Å². The third-order valence-electron chi connectivity index (χ3n) is 6.86. The van der Waals surface area contributed by atoms with Gasteiger partial charge in [-0.25, -0.2) is 4.79 Å². The quantitative estimate of drug-likeness (QED) is 0.729. The first-order valence-electron chi connectivity index (χ1n) is 11.0. The van der Waals surface area contributed by atoms with Gasteiger partial charge in [0, 0.05) is 37.9 Å². The minimum atomic E-state index is -1.18. The summed E-state index contributed by atoms with van der Waals surface area (Å²) >= 11 is 0. The van der Waals surface area contributed by atoms with Gasteiger partial charge in [0.25, 0.3) is 0 Å². The summed E-state index contributed by atoms with van der Waals surface area (Å²) in [6.45, 7) is 5.22. The number of methoxy groups -OCH3 is 1. The van der Waals surface area contributed by atoms with Crippen LogP contribution in [0.5, 0.6) is 5.75 Å². The molecule has 2 heterocycles. The molecular weight excluding hydrogens is 382 g/mol. The Kier molecular flexibility index (Phi) is 4.73. The Morgan fingerprint density at radius 3 is 2.63 bits per heavy atom. The lowest BCUT2D eigenvalue weighted by molar-refractivity contribution is 0.0695. The predicted molar refractivity (Wildman–Crippen MR) is 116 cm³/mol. The molecule has 2 aromatic rings. The highest BCUT2D eigenvalue weighted by atomic mass is 16.5. The standard InChI is InChI=1S/C23H29N3O4/c1-13-10-25(11-14(13)9-24-15-3-4-15)19-8-7-17-20(22(19)30-2)26(16-5-6-16)12-18(21(17)27)23(28)29/h7-8,12-16,24H,3-6,9-11H2,1-2H3,(H,28,29)/t13-,14-/m1/s1. The van der Waals surface area contributed by atoms with Crippen molar-refractivity contribution in [3.8, 4) is 5.75 Å². The lowest BCUT2D eigenvalue weighted by Gasteiger charge is -2.24. The number of hydrogen-bond donors (Lipinski definition) is 2. The number of pyridine rings is 1. The number of anilines is 1. The number of carbonyl (C=O) groups is 1. The summed E-state index contributed by atoms with van der Waals surface area (Å²) in [4.78, 5) is 26.8. The average Bonchev–Trinajstić information content (AvgIpc) is 3.64. The summed E-state index contributed by atoms with van der Waals surface area (Å²) in [5.74, 6) is 0.637. The molecule has 3 aliphatic rings. The zero-order valence-corrected chi connectivity index (χ0v) is 17.6. The van der Waals surface area contributed by atoms with Crippen molar-refractivity contribution in [2.75, 3.05) is 31.6 Å². The van der Waals surface area contributed by atoms with Gasteiger partial charge in [-0.3, -0.25) is 4.79 Å². The number of aromatic nitrogens is 1. The molecule has 2 aliphatic carbocycles. The second-order valence-corrected chi connectivity index (χ2v) is 9.15. The molecule has 0 radical (unpaired) electrons. The molecule has 0 amide bonds. The van der Waals surface area contributed by atoms with Crippen molar-refractivity contribution in [3.63, 3.8) is 0 Å². The van der Waals surface area contributed by atoms with Gasteiger partial charge in [0.05, 0.1) is 23.7 Å². The molecule has 160 valence electrons.